The summed E-state index contributed by atoms with van der Waals surface area (Å²) in [6.45, 7) is 1.13. The molecule has 0 aromatic carbocycles. The number of aromatic nitrogens is 4. The number of hydrogen-bond donors (Lipinski definition) is 1. The van der Waals surface area contributed by atoms with Crippen LogP contribution >= 0.6 is 0 Å². The van der Waals surface area contributed by atoms with E-state index in [4.69, 9.17) is 9.47 Å². The Bertz CT molecular complexity index is 884. The predicted octanol–water partition coefficient (Wildman–Crippen LogP) is 1.66. The standard InChI is InChI=1S/C15H14N4O3/c20-15-18-14-13-10(6-7-16-14)21-8-1-2-9-22-12-5-3-4-11(17-12)19(13)15/h3-7H,1-2,8-9H2,(H,16,18,20). The van der Waals surface area contributed by atoms with Crippen molar-refractivity contribution in [1.29, 1.82) is 0 Å². The smallest absolute Gasteiger partial charge is 0.333 e. The number of fused-ring (bicyclic) bond motifs is 3. The topological polar surface area (TPSA) is 82.0 Å². The maximum Gasteiger partial charge on any atom is 0.333 e. The van der Waals surface area contributed by atoms with Gasteiger partial charge < -0.3 is 9.47 Å². The monoisotopic (exact) mass is 298 g/mol. The third-order valence-electron chi connectivity index (χ3n) is 3.52. The van der Waals surface area contributed by atoms with Gasteiger partial charge in [-0.15, -0.1) is 0 Å². The zero-order valence-corrected chi connectivity index (χ0v) is 11.8. The first-order valence-electron chi connectivity index (χ1n) is 7.16. The molecule has 0 amide bonds. The van der Waals surface area contributed by atoms with Crippen LogP contribution in [0, 0.1) is 0 Å². The highest BCUT2D eigenvalue weighted by Crippen LogP contribution is 2.25. The van der Waals surface area contributed by atoms with E-state index in [-0.39, 0.29) is 5.69 Å². The van der Waals surface area contributed by atoms with Gasteiger partial charge in [0.25, 0.3) is 0 Å². The number of nitrogens with one attached hydrogen (secondary N) is 1. The molecule has 1 aliphatic heterocycles. The number of rotatable bonds is 0. The van der Waals surface area contributed by atoms with Gasteiger partial charge in [-0.05, 0) is 18.9 Å². The van der Waals surface area contributed by atoms with Crippen LogP contribution in [-0.2, 0) is 0 Å². The molecule has 0 atom stereocenters. The first kappa shape index (κ1) is 12.9. The van der Waals surface area contributed by atoms with Crippen molar-refractivity contribution in [2.45, 2.75) is 12.8 Å². The maximum absolute atomic E-state index is 12.3. The van der Waals surface area contributed by atoms with Gasteiger partial charge in [-0.3, -0.25) is 4.98 Å². The minimum absolute atomic E-state index is 0.305. The number of imidazole rings is 1. The normalized spacial score (nSPS) is 14.5. The van der Waals surface area contributed by atoms with Crippen LogP contribution in [0.2, 0.25) is 0 Å². The molecule has 7 heteroatoms. The SMILES string of the molecule is O=c1[nH]c2nccc3c2n1-c1cccc(n1)OCCCCO3. The summed E-state index contributed by atoms with van der Waals surface area (Å²) >= 11 is 0. The lowest BCUT2D eigenvalue weighted by molar-refractivity contribution is 0.261. The first-order chi connectivity index (χ1) is 10.8. The Morgan fingerprint density at radius 3 is 2.91 bits per heavy atom. The number of hydrogen-bond acceptors (Lipinski definition) is 5. The number of nitrogens with zero attached hydrogens (tertiary/aromatic N) is 3. The Balaban J connectivity index is 2.01. The molecule has 0 spiro atoms. The highest BCUT2D eigenvalue weighted by Gasteiger charge is 2.16. The van der Waals surface area contributed by atoms with Gasteiger partial charge in [0.15, 0.2) is 5.65 Å². The van der Waals surface area contributed by atoms with Gasteiger partial charge >= 0.3 is 5.69 Å². The molecule has 4 heterocycles. The molecule has 2 bridgehead atoms. The fourth-order valence-electron chi connectivity index (χ4n) is 2.51. The van der Waals surface area contributed by atoms with Crippen LogP contribution in [0.4, 0.5) is 0 Å². The second-order valence-electron chi connectivity index (χ2n) is 5.01. The highest BCUT2D eigenvalue weighted by atomic mass is 16.5. The lowest BCUT2D eigenvalue weighted by atomic mass is 10.3. The number of pyridine rings is 2. The Morgan fingerprint density at radius 1 is 1.14 bits per heavy atom. The third kappa shape index (κ3) is 2.11. The van der Waals surface area contributed by atoms with Crippen molar-refractivity contribution in [2.24, 2.45) is 0 Å². The Labute approximate surface area is 125 Å². The van der Waals surface area contributed by atoms with Crippen LogP contribution in [0.3, 0.4) is 0 Å². The molecule has 112 valence electrons. The van der Waals surface area contributed by atoms with Crippen molar-refractivity contribution < 1.29 is 9.47 Å². The van der Waals surface area contributed by atoms with Crippen molar-refractivity contribution in [3.8, 4) is 17.4 Å². The van der Waals surface area contributed by atoms with Gasteiger partial charge in [-0.2, -0.15) is 4.98 Å². The summed E-state index contributed by atoms with van der Waals surface area (Å²) in [5, 5.41) is 0. The van der Waals surface area contributed by atoms with Crippen LogP contribution < -0.4 is 15.2 Å². The summed E-state index contributed by atoms with van der Waals surface area (Å²) in [5.41, 5.74) is 0.769. The average Bonchev–Trinajstić information content (AvgIpc) is 2.86. The number of aromatic amines is 1. The zero-order valence-electron chi connectivity index (χ0n) is 11.8. The number of ether oxygens (including phenoxy) is 2. The lowest BCUT2D eigenvalue weighted by Crippen LogP contribution is -2.17. The summed E-state index contributed by atoms with van der Waals surface area (Å²) in [7, 11) is 0. The van der Waals surface area contributed by atoms with E-state index in [2.05, 4.69) is 15.0 Å². The van der Waals surface area contributed by atoms with Crippen molar-refractivity contribution >= 4 is 11.2 Å². The van der Waals surface area contributed by atoms with Crippen LogP contribution in [0.15, 0.2) is 35.3 Å². The molecule has 4 rings (SSSR count). The van der Waals surface area contributed by atoms with Crippen LogP contribution in [-0.4, -0.2) is 32.7 Å². The van der Waals surface area contributed by atoms with Gasteiger partial charge in [0.05, 0.1) is 13.2 Å². The summed E-state index contributed by atoms with van der Waals surface area (Å²) in [4.78, 5) is 23.6. The Kier molecular flexibility index (Phi) is 3.03. The molecule has 3 aromatic heterocycles. The maximum atomic E-state index is 12.3. The van der Waals surface area contributed by atoms with Gasteiger partial charge in [-0.25, -0.2) is 14.3 Å². The van der Waals surface area contributed by atoms with Crippen molar-refractivity contribution in [2.75, 3.05) is 13.2 Å². The molecular weight excluding hydrogens is 284 g/mol. The van der Waals surface area contributed by atoms with Crippen LogP contribution in [0.5, 0.6) is 11.6 Å². The van der Waals surface area contributed by atoms with E-state index < -0.39 is 0 Å². The molecule has 0 aliphatic carbocycles. The minimum atomic E-state index is -0.305. The quantitative estimate of drug-likeness (QED) is 0.682. The van der Waals surface area contributed by atoms with Crippen molar-refractivity contribution in [3.05, 3.63) is 40.9 Å². The molecule has 1 N–H and O–H groups in total. The molecule has 1 aliphatic rings. The summed E-state index contributed by atoms with van der Waals surface area (Å²) in [6, 6.07) is 7.11. The second kappa shape index (κ2) is 5.18. The summed E-state index contributed by atoms with van der Waals surface area (Å²) < 4.78 is 12.9. The molecule has 7 nitrogen and oxygen atoms in total. The van der Waals surface area contributed by atoms with E-state index in [0.717, 1.165) is 12.8 Å². The third-order valence-corrected chi connectivity index (χ3v) is 3.52. The van der Waals surface area contributed by atoms with E-state index in [0.29, 0.717) is 41.8 Å². The van der Waals surface area contributed by atoms with E-state index in [1.54, 1.807) is 24.4 Å². The van der Waals surface area contributed by atoms with E-state index in [1.165, 1.54) is 4.57 Å². The van der Waals surface area contributed by atoms with Crippen LogP contribution in [0.25, 0.3) is 17.0 Å². The molecule has 0 radical (unpaired) electrons. The molecule has 0 saturated carbocycles. The summed E-state index contributed by atoms with van der Waals surface area (Å²) in [5.74, 6) is 1.61. The largest absolute Gasteiger partial charge is 0.491 e. The molecule has 0 unspecified atom stereocenters. The highest BCUT2D eigenvalue weighted by molar-refractivity contribution is 5.79. The molecule has 3 aromatic rings. The molecule has 0 fully saturated rings. The molecular formula is C15H14N4O3. The molecule has 0 saturated heterocycles. The second-order valence-corrected chi connectivity index (χ2v) is 5.01. The Hall–Kier alpha value is -2.83. The fourth-order valence-corrected chi connectivity index (χ4v) is 2.51. The van der Waals surface area contributed by atoms with Gasteiger partial charge in [0, 0.05) is 18.3 Å². The van der Waals surface area contributed by atoms with Crippen LogP contribution in [0.1, 0.15) is 12.8 Å². The fraction of sp³-hybridized carbons (Fsp3) is 0.267. The van der Waals surface area contributed by atoms with E-state index >= 15 is 0 Å². The predicted molar refractivity (Wildman–Crippen MR) is 79.7 cm³/mol. The van der Waals surface area contributed by atoms with Crippen molar-refractivity contribution in [1.82, 2.24) is 19.5 Å². The average molecular weight is 298 g/mol. The molecule has 22 heavy (non-hydrogen) atoms. The first-order valence-corrected chi connectivity index (χ1v) is 7.16. The van der Waals surface area contributed by atoms with Gasteiger partial charge in [-0.1, -0.05) is 6.07 Å². The van der Waals surface area contributed by atoms with E-state index in [1.807, 2.05) is 6.07 Å². The minimum Gasteiger partial charge on any atom is -0.491 e. The van der Waals surface area contributed by atoms with Gasteiger partial charge in [0.1, 0.15) is 17.1 Å². The van der Waals surface area contributed by atoms with Gasteiger partial charge in [0.2, 0.25) is 5.88 Å². The van der Waals surface area contributed by atoms with E-state index in [9.17, 15) is 4.79 Å². The lowest BCUT2D eigenvalue weighted by Gasteiger charge is -2.12. The Morgan fingerprint density at radius 2 is 2.00 bits per heavy atom. The zero-order chi connectivity index (χ0) is 14.9. The van der Waals surface area contributed by atoms with Crippen molar-refractivity contribution in [3.63, 3.8) is 0 Å². The summed E-state index contributed by atoms with van der Waals surface area (Å²) in [6.07, 6.45) is 3.36. The number of H-pyrrole nitrogens is 1.